The highest BCUT2D eigenvalue weighted by Gasteiger charge is 2.32. The fourth-order valence-electron chi connectivity index (χ4n) is 2.22. The number of para-hydroxylation sites is 2. The van der Waals surface area contributed by atoms with Crippen molar-refractivity contribution in [2.45, 2.75) is 12.6 Å². The zero-order valence-electron chi connectivity index (χ0n) is 10.4. The van der Waals surface area contributed by atoms with E-state index >= 15 is 0 Å². The fraction of sp³-hybridized carbons (Fsp3) is 0.133. The fourth-order valence-corrected chi connectivity index (χ4v) is 2.22. The van der Waals surface area contributed by atoms with Crippen LogP contribution in [0.1, 0.15) is 17.0 Å². The molecule has 0 saturated carbocycles. The van der Waals surface area contributed by atoms with Crippen molar-refractivity contribution in [3.8, 4) is 0 Å². The number of benzene rings is 2. The van der Waals surface area contributed by atoms with Crippen LogP contribution in [0.5, 0.6) is 0 Å². The Kier molecular flexibility index (Phi) is 2.97. The van der Waals surface area contributed by atoms with Crippen molar-refractivity contribution >= 4 is 11.0 Å². The number of alkyl halides is 3. The van der Waals surface area contributed by atoms with E-state index in [1.54, 1.807) is 6.07 Å². The number of aromatic nitrogens is 2. The summed E-state index contributed by atoms with van der Waals surface area (Å²) >= 11 is 0. The average Bonchev–Trinajstić information content (AvgIpc) is 2.80. The third-order valence-electron chi connectivity index (χ3n) is 3.12. The van der Waals surface area contributed by atoms with Gasteiger partial charge in [0.25, 0.3) is 0 Å². The molecule has 3 rings (SSSR count). The first kappa shape index (κ1) is 12.7. The van der Waals surface area contributed by atoms with E-state index in [9.17, 15) is 13.2 Å². The standard InChI is InChI=1S/C15H11F3N2/c16-15(17,18)11-6-2-1-5-10(11)9-14-19-12-7-3-4-8-13(12)20-14/h1-8H,9H2,(H,19,20). The molecule has 0 aliphatic carbocycles. The number of aromatic amines is 1. The Morgan fingerprint density at radius 3 is 2.40 bits per heavy atom. The third kappa shape index (κ3) is 2.39. The van der Waals surface area contributed by atoms with E-state index in [2.05, 4.69) is 9.97 Å². The van der Waals surface area contributed by atoms with Gasteiger partial charge in [0.1, 0.15) is 5.82 Å². The molecule has 0 aliphatic rings. The van der Waals surface area contributed by atoms with Crippen LogP contribution in [0.2, 0.25) is 0 Å². The third-order valence-corrected chi connectivity index (χ3v) is 3.12. The summed E-state index contributed by atoms with van der Waals surface area (Å²) in [5, 5.41) is 0. The van der Waals surface area contributed by atoms with E-state index in [4.69, 9.17) is 0 Å². The molecule has 1 N–H and O–H groups in total. The molecule has 1 heterocycles. The molecule has 2 aromatic carbocycles. The molecule has 2 nitrogen and oxygen atoms in total. The van der Waals surface area contributed by atoms with Gasteiger partial charge in [0, 0.05) is 6.42 Å². The number of fused-ring (bicyclic) bond motifs is 1. The maximum absolute atomic E-state index is 12.9. The molecule has 1 aromatic heterocycles. The molecule has 0 atom stereocenters. The van der Waals surface area contributed by atoms with Gasteiger partial charge in [-0.05, 0) is 23.8 Å². The first-order chi connectivity index (χ1) is 9.54. The summed E-state index contributed by atoms with van der Waals surface area (Å²) in [4.78, 5) is 7.35. The van der Waals surface area contributed by atoms with E-state index in [-0.39, 0.29) is 12.0 Å². The largest absolute Gasteiger partial charge is 0.416 e. The molecule has 102 valence electrons. The summed E-state index contributed by atoms with van der Waals surface area (Å²) in [6.45, 7) is 0. The van der Waals surface area contributed by atoms with Crippen molar-refractivity contribution < 1.29 is 13.2 Å². The van der Waals surface area contributed by atoms with Gasteiger partial charge in [0.15, 0.2) is 0 Å². The second-order valence-electron chi connectivity index (χ2n) is 4.53. The Morgan fingerprint density at radius 2 is 1.65 bits per heavy atom. The highest BCUT2D eigenvalue weighted by Crippen LogP contribution is 2.32. The van der Waals surface area contributed by atoms with Crippen LogP contribution in [-0.2, 0) is 12.6 Å². The predicted octanol–water partition coefficient (Wildman–Crippen LogP) is 4.17. The molecular formula is C15H11F3N2. The number of nitrogens with zero attached hydrogens (tertiary/aromatic N) is 1. The lowest BCUT2D eigenvalue weighted by Gasteiger charge is -2.11. The summed E-state index contributed by atoms with van der Waals surface area (Å²) in [6, 6.07) is 12.9. The summed E-state index contributed by atoms with van der Waals surface area (Å²) in [6.07, 6.45) is -4.22. The Hall–Kier alpha value is -2.30. The first-order valence-corrected chi connectivity index (χ1v) is 6.13. The lowest BCUT2D eigenvalue weighted by atomic mass is 10.0. The van der Waals surface area contributed by atoms with Gasteiger partial charge in [0.05, 0.1) is 16.6 Å². The number of nitrogens with one attached hydrogen (secondary N) is 1. The number of rotatable bonds is 2. The van der Waals surface area contributed by atoms with Gasteiger partial charge in [-0.25, -0.2) is 4.98 Å². The van der Waals surface area contributed by atoms with Crippen LogP contribution in [0.4, 0.5) is 13.2 Å². The van der Waals surface area contributed by atoms with Gasteiger partial charge < -0.3 is 4.98 Å². The van der Waals surface area contributed by atoms with Crippen molar-refractivity contribution in [2.24, 2.45) is 0 Å². The molecule has 0 radical (unpaired) electrons. The molecular weight excluding hydrogens is 265 g/mol. The van der Waals surface area contributed by atoms with Crippen LogP contribution in [0.25, 0.3) is 11.0 Å². The van der Waals surface area contributed by atoms with E-state index in [0.29, 0.717) is 5.82 Å². The maximum Gasteiger partial charge on any atom is 0.416 e. The molecule has 3 aromatic rings. The summed E-state index contributed by atoms with van der Waals surface area (Å²) in [5.74, 6) is 0.530. The Morgan fingerprint density at radius 1 is 0.950 bits per heavy atom. The minimum Gasteiger partial charge on any atom is -0.342 e. The van der Waals surface area contributed by atoms with E-state index in [1.807, 2.05) is 24.3 Å². The maximum atomic E-state index is 12.9. The Bertz CT molecular complexity index is 711. The van der Waals surface area contributed by atoms with Crippen LogP contribution in [-0.4, -0.2) is 9.97 Å². The molecule has 0 unspecified atom stereocenters. The SMILES string of the molecule is FC(F)(F)c1ccccc1Cc1nc2ccccc2[nH]1. The van der Waals surface area contributed by atoms with Crippen molar-refractivity contribution in [3.63, 3.8) is 0 Å². The first-order valence-electron chi connectivity index (χ1n) is 6.13. The molecule has 5 heteroatoms. The lowest BCUT2D eigenvalue weighted by Crippen LogP contribution is -2.09. The molecule has 0 fully saturated rings. The van der Waals surface area contributed by atoms with Gasteiger partial charge in [-0.1, -0.05) is 30.3 Å². The summed E-state index contributed by atoms with van der Waals surface area (Å²) in [7, 11) is 0. The van der Waals surface area contributed by atoms with Gasteiger partial charge in [0.2, 0.25) is 0 Å². The summed E-state index contributed by atoms with van der Waals surface area (Å²) < 4.78 is 38.8. The molecule has 20 heavy (non-hydrogen) atoms. The van der Waals surface area contributed by atoms with Crippen LogP contribution < -0.4 is 0 Å². The predicted molar refractivity (Wildman–Crippen MR) is 70.3 cm³/mol. The molecule has 0 spiro atoms. The molecule has 0 saturated heterocycles. The minimum atomic E-state index is -4.34. The average molecular weight is 276 g/mol. The van der Waals surface area contributed by atoms with Crippen molar-refractivity contribution in [3.05, 3.63) is 65.5 Å². The second-order valence-corrected chi connectivity index (χ2v) is 4.53. The van der Waals surface area contributed by atoms with Crippen molar-refractivity contribution in [1.82, 2.24) is 9.97 Å². The molecule has 0 bridgehead atoms. The number of hydrogen-bond donors (Lipinski definition) is 1. The minimum absolute atomic E-state index is 0.129. The molecule has 0 amide bonds. The van der Waals surface area contributed by atoms with E-state index in [0.717, 1.165) is 17.1 Å². The van der Waals surface area contributed by atoms with Gasteiger partial charge in [-0.2, -0.15) is 13.2 Å². The zero-order chi connectivity index (χ0) is 14.2. The van der Waals surface area contributed by atoms with Crippen LogP contribution in [0.3, 0.4) is 0 Å². The highest BCUT2D eigenvalue weighted by molar-refractivity contribution is 5.74. The number of imidazole rings is 1. The smallest absolute Gasteiger partial charge is 0.342 e. The number of halogens is 3. The van der Waals surface area contributed by atoms with Crippen molar-refractivity contribution in [2.75, 3.05) is 0 Å². The van der Waals surface area contributed by atoms with E-state index < -0.39 is 11.7 Å². The van der Waals surface area contributed by atoms with Gasteiger partial charge in [-0.3, -0.25) is 0 Å². The number of hydrogen-bond acceptors (Lipinski definition) is 1. The Balaban J connectivity index is 1.99. The van der Waals surface area contributed by atoms with Gasteiger partial charge in [-0.15, -0.1) is 0 Å². The van der Waals surface area contributed by atoms with E-state index in [1.165, 1.54) is 12.1 Å². The monoisotopic (exact) mass is 276 g/mol. The van der Waals surface area contributed by atoms with Crippen molar-refractivity contribution in [1.29, 1.82) is 0 Å². The van der Waals surface area contributed by atoms with Crippen LogP contribution >= 0.6 is 0 Å². The lowest BCUT2D eigenvalue weighted by molar-refractivity contribution is -0.138. The topological polar surface area (TPSA) is 28.7 Å². The normalized spacial score (nSPS) is 11.9. The zero-order valence-corrected chi connectivity index (χ0v) is 10.4. The molecule has 0 aliphatic heterocycles. The van der Waals surface area contributed by atoms with Gasteiger partial charge >= 0.3 is 6.18 Å². The Labute approximate surface area is 113 Å². The highest BCUT2D eigenvalue weighted by atomic mass is 19.4. The quantitative estimate of drug-likeness (QED) is 0.747. The van der Waals surface area contributed by atoms with Crippen LogP contribution in [0.15, 0.2) is 48.5 Å². The second kappa shape index (κ2) is 4.67. The van der Waals surface area contributed by atoms with Crippen LogP contribution in [0, 0.1) is 0 Å². The number of H-pyrrole nitrogens is 1. The summed E-state index contributed by atoms with van der Waals surface area (Å²) in [5.41, 5.74) is 1.19.